The molecular weight excluding hydrogens is 383 g/mol. The third-order valence-electron chi connectivity index (χ3n) is 4.64. The highest BCUT2D eigenvalue weighted by Gasteiger charge is 2.16. The summed E-state index contributed by atoms with van der Waals surface area (Å²) in [5, 5.41) is 4.16. The fraction of sp³-hybridized carbons (Fsp3) is 0.125. The Morgan fingerprint density at radius 2 is 1.62 bits per heavy atom. The average molecular weight is 405 g/mol. The molecule has 0 saturated heterocycles. The minimum Gasteiger partial charge on any atom is -0.497 e. The highest BCUT2D eigenvalue weighted by atomic mass is 32.1. The summed E-state index contributed by atoms with van der Waals surface area (Å²) < 4.78 is 19.7. The number of nitrogens with zero attached hydrogens (tertiary/aromatic N) is 1. The minimum absolute atomic E-state index is 0.256. The Morgan fingerprint density at radius 3 is 2.34 bits per heavy atom. The van der Waals surface area contributed by atoms with E-state index in [1.54, 1.807) is 30.6 Å². The van der Waals surface area contributed by atoms with Crippen LogP contribution in [0.5, 0.6) is 5.75 Å². The van der Waals surface area contributed by atoms with Crippen LogP contribution in [-0.2, 0) is 13.0 Å². The van der Waals surface area contributed by atoms with Crippen molar-refractivity contribution in [2.24, 2.45) is 0 Å². The molecule has 1 N–H and O–H groups in total. The van der Waals surface area contributed by atoms with Gasteiger partial charge in [0.2, 0.25) is 0 Å². The second kappa shape index (κ2) is 8.88. The lowest BCUT2D eigenvalue weighted by Crippen LogP contribution is -1.99. The number of nitrogens with one attached hydrogen (secondary N) is 1. The number of rotatable bonds is 7. The predicted octanol–water partition coefficient (Wildman–Crippen LogP) is 6.16. The zero-order valence-corrected chi connectivity index (χ0v) is 16.9. The molecule has 5 heteroatoms. The van der Waals surface area contributed by atoms with Crippen molar-refractivity contribution in [1.29, 1.82) is 0 Å². The Bertz CT molecular complexity index is 1080. The molecule has 1 aromatic heterocycles. The molecule has 0 radical (unpaired) electrons. The number of benzene rings is 3. The summed E-state index contributed by atoms with van der Waals surface area (Å²) in [6, 6.07) is 24.9. The second-order valence-corrected chi connectivity index (χ2v) is 7.72. The van der Waals surface area contributed by atoms with E-state index in [0.29, 0.717) is 24.2 Å². The molecule has 1 heterocycles. The molecule has 29 heavy (non-hydrogen) atoms. The van der Waals surface area contributed by atoms with Crippen molar-refractivity contribution in [1.82, 2.24) is 4.98 Å². The minimum atomic E-state index is -0.256. The SMILES string of the molecule is COc1ccc(CNc2nc(-c3ccccc3F)c(Cc3ccccc3)s2)cc1. The molecule has 0 fully saturated rings. The number of aromatic nitrogens is 1. The molecule has 4 aromatic rings. The summed E-state index contributed by atoms with van der Waals surface area (Å²) in [6.45, 7) is 0.638. The zero-order valence-electron chi connectivity index (χ0n) is 16.1. The quantitative estimate of drug-likeness (QED) is 0.400. The summed E-state index contributed by atoms with van der Waals surface area (Å²) >= 11 is 1.57. The van der Waals surface area contributed by atoms with Crippen LogP contribution in [0, 0.1) is 5.82 Å². The van der Waals surface area contributed by atoms with E-state index in [2.05, 4.69) is 17.4 Å². The maximum atomic E-state index is 14.5. The van der Waals surface area contributed by atoms with E-state index in [1.165, 1.54) is 11.6 Å². The molecule has 0 unspecified atom stereocenters. The summed E-state index contributed by atoms with van der Waals surface area (Å²) in [4.78, 5) is 5.77. The average Bonchev–Trinajstić information content (AvgIpc) is 3.16. The van der Waals surface area contributed by atoms with Crippen molar-refractivity contribution in [3.05, 3.63) is 101 Å². The molecular formula is C24H21FN2OS. The molecule has 146 valence electrons. The maximum absolute atomic E-state index is 14.5. The van der Waals surface area contributed by atoms with Gasteiger partial charge in [0.1, 0.15) is 11.6 Å². The normalized spacial score (nSPS) is 10.7. The van der Waals surface area contributed by atoms with E-state index in [-0.39, 0.29) is 5.82 Å². The monoisotopic (exact) mass is 404 g/mol. The highest BCUT2D eigenvalue weighted by Crippen LogP contribution is 2.34. The first-order chi connectivity index (χ1) is 14.2. The largest absolute Gasteiger partial charge is 0.497 e. The lowest BCUT2D eigenvalue weighted by molar-refractivity contribution is 0.414. The Morgan fingerprint density at radius 1 is 0.897 bits per heavy atom. The Kier molecular flexibility index (Phi) is 5.86. The zero-order chi connectivity index (χ0) is 20.1. The Hall–Kier alpha value is -3.18. The number of thiazole rings is 1. The number of hydrogen-bond acceptors (Lipinski definition) is 4. The smallest absolute Gasteiger partial charge is 0.183 e. The number of ether oxygens (including phenoxy) is 1. The molecule has 0 aliphatic rings. The van der Waals surface area contributed by atoms with Crippen LogP contribution in [0.15, 0.2) is 78.9 Å². The van der Waals surface area contributed by atoms with E-state index in [4.69, 9.17) is 9.72 Å². The molecule has 0 bridgehead atoms. The topological polar surface area (TPSA) is 34.1 Å². The summed E-state index contributed by atoms with van der Waals surface area (Å²) in [5.41, 5.74) is 3.54. The van der Waals surface area contributed by atoms with Crippen LogP contribution < -0.4 is 10.1 Å². The molecule has 0 aliphatic carbocycles. The van der Waals surface area contributed by atoms with Crippen LogP contribution in [-0.4, -0.2) is 12.1 Å². The van der Waals surface area contributed by atoms with Crippen molar-refractivity contribution in [2.75, 3.05) is 12.4 Å². The van der Waals surface area contributed by atoms with Gasteiger partial charge in [-0.05, 0) is 35.4 Å². The van der Waals surface area contributed by atoms with E-state index < -0.39 is 0 Å². The van der Waals surface area contributed by atoms with Gasteiger partial charge in [0.05, 0.1) is 12.8 Å². The van der Waals surface area contributed by atoms with Gasteiger partial charge in [0.25, 0.3) is 0 Å². The molecule has 3 aromatic carbocycles. The fourth-order valence-corrected chi connectivity index (χ4v) is 4.12. The first-order valence-corrected chi connectivity index (χ1v) is 10.2. The molecule has 0 aliphatic heterocycles. The Balaban J connectivity index is 1.60. The van der Waals surface area contributed by atoms with E-state index >= 15 is 0 Å². The molecule has 0 saturated carbocycles. The van der Waals surface area contributed by atoms with Gasteiger partial charge in [0.15, 0.2) is 5.13 Å². The maximum Gasteiger partial charge on any atom is 0.183 e. The van der Waals surface area contributed by atoms with Gasteiger partial charge < -0.3 is 10.1 Å². The van der Waals surface area contributed by atoms with Gasteiger partial charge in [0, 0.05) is 23.4 Å². The molecule has 0 spiro atoms. The van der Waals surface area contributed by atoms with Crippen LogP contribution in [0.25, 0.3) is 11.3 Å². The first kappa shape index (κ1) is 19.2. The van der Waals surface area contributed by atoms with Gasteiger partial charge in [-0.2, -0.15) is 0 Å². The van der Waals surface area contributed by atoms with Crippen molar-refractivity contribution >= 4 is 16.5 Å². The van der Waals surface area contributed by atoms with Crippen LogP contribution in [0.4, 0.5) is 9.52 Å². The third kappa shape index (κ3) is 4.63. The van der Waals surface area contributed by atoms with Crippen LogP contribution in [0.2, 0.25) is 0 Å². The second-order valence-electron chi connectivity index (χ2n) is 6.63. The fourth-order valence-electron chi connectivity index (χ4n) is 3.11. The van der Waals surface area contributed by atoms with Gasteiger partial charge in [-0.1, -0.05) is 54.6 Å². The van der Waals surface area contributed by atoms with Crippen LogP contribution in [0.1, 0.15) is 16.0 Å². The lowest BCUT2D eigenvalue weighted by atomic mass is 10.1. The number of hydrogen-bond donors (Lipinski definition) is 1. The van der Waals surface area contributed by atoms with Crippen LogP contribution in [0.3, 0.4) is 0 Å². The highest BCUT2D eigenvalue weighted by molar-refractivity contribution is 7.16. The first-order valence-electron chi connectivity index (χ1n) is 9.38. The molecule has 0 amide bonds. The van der Waals surface area contributed by atoms with Crippen molar-refractivity contribution in [3.8, 4) is 17.0 Å². The van der Waals surface area contributed by atoms with Crippen molar-refractivity contribution < 1.29 is 9.13 Å². The van der Waals surface area contributed by atoms with Crippen molar-refractivity contribution in [2.45, 2.75) is 13.0 Å². The standard InChI is InChI=1S/C24H21FN2OS/c1-28-19-13-11-18(12-14-19)16-26-24-27-23(20-9-5-6-10-21(20)25)22(29-24)15-17-7-3-2-4-8-17/h2-14H,15-16H2,1H3,(H,26,27). The predicted molar refractivity (Wildman–Crippen MR) is 117 cm³/mol. The van der Waals surface area contributed by atoms with Crippen LogP contribution >= 0.6 is 11.3 Å². The lowest BCUT2D eigenvalue weighted by Gasteiger charge is -2.04. The molecule has 3 nitrogen and oxygen atoms in total. The summed E-state index contributed by atoms with van der Waals surface area (Å²) in [6.07, 6.45) is 0.715. The van der Waals surface area contributed by atoms with E-state index in [9.17, 15) is 4.39 Å². The van der Waals surface area contributed by atoms with E-state index in [0.717, 1.165) is 21.3 Å². The van der Waals surface area contributed by atoms with Gasteiger partial charge >= 0.3 is 0 Å². The number of anilines is 1. The van der Waals surface area contributed by atoms with E-state index in [1.807, 2.05) is 48.5 Å². The summed E-state index contributed by atoms with van der Waals surface area (Å²) in [7, 11) is 1.65. The molecule has 0 atom stereocenters. The third-order valence-corrected chi connectivity index (χ3v) is 5.65. The Labute approximate surface area is 173 Å². The number of halogens is 1. The molecule has 4 rings (SSSR count). The van der Waals surface area contributed by atoms with Gasteiger partial charge in [-0.25, -0.2) is 9.37 Å². The number of methoxy groups -OCH3 is 1. The summed E-state index contributed by atoms with van der Waals surface area (Å²) in [5.74, 6) is 0.573. The van der Waals surface area contributed by atoms with Gasteiger partial charge in [-0.3, -0.25) is 0 Å². The van der Waals surface area contributed by atoms with Gasteiger partial charge in [-0.15, -0.1) is 11.3 Å². The van der Waals surface area contributed by atoms with Crippen molar-refractivity contribution in [3.63, 3.8) is 0 Å².